The summed E-state index contributed by atoms with van der Waals surface area (Å²) in [5.41, 5.74) is 2.44. The molecule has 0 aliphatic rings. The van der Waals surface area contributed by atoms with Crippen molar-refractivity contribution in [1.29, 1.82) is 0 Å². The maximum Gasteiger partial charge on any atom is 0.134 e. The summed E-state index contributed by atoms with van der Waals surface area (Å²) in [7, 11) is 4.23. The lowest BCUT2D eigenvalue weighted by Gasteiger charge is -2.22. The van der Waals surface area contributed by atoms with Crippen molar-refractivity contribution >= 4 is 11.6 Å². The summed E-state index contributed by atoms with van der Waals surface area (Å²) in [4.78, 5) is 4.57. The van der Waals surface area contributed by atoms with Crippen LogP contribution in [-0.4, -0.2) is 42.1 Å². The molecule has 0 unspecified atom stereocenters. The quantitative estimate of drug-likeness (QED) is 0.845. The molecule has 0 aliphatic carbocycles. The van der Waals surface area contributed by atoms with E-state index >= 15 is 0 Å². The summed E-state index contributed by atoms with van der Waals surface area (Å²) in [5, 5.41) is 9.85. The molecule has 3 nitrogen and oxygen atoms in total. The van der Waals surface area contributed by atoms with Crippen molar-refractivity contribution in [1.82, 2.24) is 9.80 Å². The van der Waals surface area contributed by atoms with Crippen LogP contribution in [0.2, 0.25) is 5.02 Å². The van der Waals surface area contributed by atoms with Crippen LogP contribution >= 0.6 is 11.6 Å². The van der Waals surface area contributed by atoms with Gasteiger partial charge in [-0.2, -0.15) is 0 Å². The molecule has 118 valence electrons. The standard InChI is InChI=1S/C18H23ClN2O/c1-20(13-15-6-4-3-5-7-15)10-11-21(2)14-16-8-9-18(22)17(19)12-16/h3-9,12,22H,10-11,13-14H2,1-2H3. The van der Waals surface area contributed by atoms with Crippen LogP contribution in [0.25, 0.3) is 0 Å². The molecule has 0 amide bonds. The third-order valence-electron chi connectivity index (χ3n) is 3.62. The first-order valence-corrected chi connectivity index (χ1v) is 7.81. The Morgan fingerprint density at radius 2 is 1.45 bits per heavy atom. The van der Waals surface area contributed by atoms with E-state index in [0.29, 0.717) is 5.02 Å². The summed E-state index contributed by atoms with van der Waals surface area (Å²) in [5.74, 6) is 0.135. The van der Waals surface area contributed by atoms with Gasteiger partial charge in [-0.25, -0.2) is 0 Å². The minimum Gasteiger partial charge on any atom is -0.506 e. The topological polar surface area (TPSA) is 26.7 Å². The van der Waals surface area contributed by atoms with Crippen LogP contribution in [0.1, 0.15) is 11.1 Å². The molecule has 4 heteroatoms. The van der Waals surface area contributed by atoms with Gasteiger partial charge < -0.3 is 14.9 Å². The van der Waals surface area contributed by atoms with E-state index in [1.54, 1.807) is 6.07 Å². The van der Waals surface area contributed by atoms with Gasteiger partial charge in [-0.05, 0) is 37.4 Å². The maximum atomic E-state index is 9.44. The smallest absolute Gasteiger partial charge is 0.134 e. The average Bonchev–Trinajstić information content (AvgIpc) is 2.50. The number of rotatable bonds is 7. The first-order valence-electron chi connectivity index (χ1n) is 7.43. The predicted octanol–water partition coefficient (Wildman–Crippen LogP) is 3.61. The molecule has 0 saturated carbocycles. The molecule has 0 saturated heterocycles. The van der Waals surface area contributed by atoms with Gasteiger partial charge in [0.15, 0.2) is 0 Å². The Hall–Kier alpha value is -1.55. The van der Waals surface area contributed by atoms with Gasteiger partial charge in [0, 0.05) is 26.2 Å². The molecule has 0 radical (unpaired) electrons. The molecule has 2 rings (SSSR count). The van der Waals surface area contributed by atoms with Gasteiger partial charge in [0.1, 0.15) is 5.75 Å². The van der Waals surface area contributed by atoms with E-state index in [0.717, 1.165) is 31.7 Å². The van der Waals surface area contributed by atoms with Crippen molar-refractivity contribution in [3.63, 3.8) is 0 Å². The van der Waals surface area contributed by atoms with E-state index < -0.39 is 0 Å². The van der Waals surface area contributed by atoms with Gasteiger partial charge in [0.2, 0.25) is 0 Å². The molecule has 0 heterocycles. The third kappa shape index (κ3) is 5.34. The highest BCUT2D eigenvalue weighted by molar-refractivity contribution is 6.32. The molecule has 2 aromatic rings. The zero-order valence-electron chi connectivity index (χ0n) is 13.2. The number of likely N-dealkylation sites (N-methyl/N-ethyl adjacent to an activating group) is 2. The van der Waals surface area contributed by atoms with Crippen LogP contribution in [0.3, 0.4) is 0 Å². The van der Waals surface area contributed by atoms with Gasteiger partial charge in [0.25, 0.3) is 0 Å². The second-order valence-corrected chi connectivity index (χ2v) is 6.15. The summed E-state index contributed by atoms with van der Waals surface area (Å²) >= 11 is 5.94. The van der Waals surface area contributed by atoms with Gasteiger partial charge in [-0.3, -0.25) is 0 Å². The van der Waals surface area contributed by atoms with Crippen LogP contribution in [0.5, 0.6) is 5.75 Å². The second-order valence-electron chi connectivity index (χ2n) is 5.75. The largest absolute Gasteiger partial charge is 0.506 e. The highest BCUT2D eigenvalue weighted by atomic mass is 35.5. The lowest BCUT2D eigenvalue weighted by atomic mass is 10.2. The molecular formula is C18H23ClN2O. The number of aromatic hydroxyl groups is 1. The van der Waals surface area contributed by atoms with E-state index in [2.05, 4.69) is 48.2 Å². The predicted molar refractivity (Wildman–Crippen MR) is 92.2 cm³/mol. The molecule has 0 spiro atoms. The Kier molecular flexibility index (Phi) is 6.25. The van der Waals surface area contributed by atoms with Crippen LogP contribution < -0.4 is 0 Å². The summed E-state index contributed by atoms with van der Waals surface area (Å²) in [6.45, 7) is 3.75. The highest BCUT2D eigenvalue weighted by Gasteiger charge is 2.06. The van der Waals surface area contributed by atoms with Gasteiger partial charge in [0.05, 0.1) is 5.02 Å². The van der Waals surface area contributed by atoms with E-state index in [1.807, 2.05) is 18.2 Å². The van der Waals surface area contributed by atoms with Crippen LogP contribution in [-0.2, 0) is 13.1 Å². The van der Waals surface area contributed by atoms with Gasteiger partial charge >= 0.3 is 0 Å². The van der Waals surface area contributed by atoms with Crippen LogP contribution in [0.15, 0.2) is 48.5 Å². The van der Waals surface area contributed by atoms with E-state index in [-0.39, 0.29) is 5.75 Å². The fourth-order valence-corrected chi connectivity index (χ4v) is 2.56. The lowest BCUT2D eigenvalue weighted by Crippen LogP contribution is -2.30. The van der Waals surface area contributed by atoms with Crippen molar-refractivity contribution in [3.05, 3.63) is 64.7 Å². The lowest BCUT2D eigenvalue weighted by molar-refractivity contribution is 0.247. The first-order chi connectivity index (χ1) is 10.5. The molecule has 0 aromatic heterocycles. The summed E-state index contributed by atoms with van der Waals surface area (Å²) in [6, 6.07) is 15.9. The Morgan fingerprint density at radius 3 is 2.05 bits per heavy atom. The van der Waals surface area contributed by atoms with Crippen molar-refractivity contribution < 1.29 is 5.11 Å². The minimum absolute atomic E-state index is 0.135. The molecule has 1 N–H and O–H groups in total. The highest BCUT2D eigenvalue weighted by Crippen LogP contribution is 2.24. The molecule has 22 heavy (non-hydrogen) atoms. The number of phenols is 1. The molecule has 0 fully saturated rings. The molecular weight excluding hydrogens is 296 g/mol. The zero-order valence-corrected chi connectivity index (χ0v) is 13.9. The minimum atomic E-state index is 0.135. The van der Waals surface area contributed by atoms with Crippen LogP contribution in [0.4, 0.5) is 0 Å². The average molecular weight is 319 g/mol. The summed E-state index contributed by atoms with van der Waals surface area (Å²) < 4.78 is 0. The fourth-order valence-electron chi connectivity index (χ4n) is 2.36. The fraction of sp³-hybridized carbons (Fsp3) is 0.333. The van der Waals surface area contributed by atoms with Crippen molar-refractivity contribution in [2.75, 3.05) is 27.2 Å². The van der Waals surface area contributed by atoms with Gasteiger partial charge in [-0.1, -0.05) is 48.0 Å². The number of hydrogen-bond donors (Lipinski definition) is 1. The van der Waals surface area contributed by atoms with Crippen molar-refractivity contribution in [2.24, 2.45) is 0 Å². The SMILES string of the molecule is CN(CCN(C)Cc1ccc(O)c(Cl)c1)Cc1ccccc1. The zero-order chi connectivity index (χ0) is 15.9. The first kappa shape index (κ1) is 16.8. The molecule has 0 atom stereocenters. The Labute approximate surface area is 137 Å². The summed E-state index contributed by atoms with van der Waals surface area (Å²) in [6.07, 6.45) is 0. The molecule has 2 aromatic carbocycles. The Morgan fingerprint density at radius 1 is 0.864 bits per heavy atom. The number of halogens is 1. The Bertz CT molecular complexity index is 589. The Balaban J connectivity index is 1.77. The normalized spacial score (nSPS) is 11.3. The van der Waals surface area contributed by atoms with Gasteiger partial charge in [-0.15, -0.1) is 0 Å². The molecule has 0 bridgehead atoms. The number of benzene rings is 2. The maximum absolute atomic E-state index is 9.44. The van der Waals surface area contributed by atoms with E-state index in [9.17, 15) is 5.11 Å². The van der Waals surface area contributed by atoms with Crippen molar-refractivity contribution in [3.8, 4) is 5.75 Å². The molecule has 0 aliphatic heterocycles. The van der Waals surface area contributed by atoms with E-state index in [4.69, 9.17) is 11.6 Å². The number of hydrogen-bond acceptors (Lipinski definition) is 3. The third-order valence-corrected chi connectivity index (χ3v) is 3.93. The monoisotopic (exact) mass is 318 g/mol. The second kappa shape index (κ2) is 8.18. The van der Waals surface area contributed by atoms with E-state index in [1.165, 1.54) is 5.56 Å². The number of nitrogens with zero attached hydrogens (tertiary/aromatic N) is 2. The number of phenolic OH excluding ortho intramolecular Hbond substituents is 1. The van der Waals surface area contributed by atoms with Crippen molar-refractivity contribution in [2.45, 2.75) is 13.1 Å². The van der Waals surface area contributed by atoms with Crippen LogP contribution in [0, 0.1) is 0 Å².